The second-order valence-corrected chi connectivity index (χ2v) is 3.97. The Morgan fingerprint density at radius 3 is 2.44 bits per heavy atom. The lowest BCUT2D eigenvalue weighted by molar-refractivity contribution is -0.139. The van der Waals surface area contributed by atoms with Gasteiger partial charge in [-0.2, -0.15) is 0 Å². The highest BCUT2D eigenvalue weighted by Gasteiger charge is 2.01. The van der Waals surface area contributed by atoms with Gasteiger partial charge in [-0.3, -0.25) is 0 Å². The van der Waals surface area contributed by atoms with Gasteiger partial charge in [0.25, 0.3) is 0 Å². The highest BCUT2D eigenvalue weighted by atomic mass is 16.5. The smallest absolute Gasteiger partial charge is 0.333 e. The minimum absolute atomic E-state index is 0.217. The summed E-state index contributed by atoms with van der Waals surface area (Å²) in [5.41, 5.74) is 0.412. The Labute approximate surface area is 107 Å². The summed E-state index contributed by atoms with van der Waals surface area (Å²) in [5, 5.41) is 9.08. The summed E-state index contributed by atoms with van der Waals surface area (Å²) >= 11 is 0. The fraction of sp³-hybridized carbons (Fsp3) is 0.357. The van der Waals surface area contributed by atoms with E-state index in [1.807, 2.05) is 0 Å². The summed E-state index contributed by atoms with van der Waals surface area (Å²) in [7, 11) is 0. The Balaban J connectivity index is 2.07. The van der Waals surface area contributed by atoms with Crippen LogP contribution in [0.4, 0.5) is 0 Å². The molecular weight excluding hydrogens is 232 g/mol. The predicted octanol–water partition coefficient (Wildman–Crippen LogP) is 2.67. The number of carbonyl (C=O) groups excluding carboxylic acids is 1. The molecule has 1 aromatic rings. The molecule has 0 unspecified atom stereocenters. The summed E-state index contributed by atoms with van der Waals surface area (Å²) in [6.07, 6.45) is 1.54. The molecule has 98 valence electrons. The fourth-order valence-corrected chi connectivity index (χ4v) is 1.22. The molecule has 0 aliphatic carbocycles. The molecule has 0 aromatic heterocycles. The van der Waals surface area contributed by atoms with Crippen molar-refractivity contribution in [1.29, 1.82) is 0 Å². The number of benzene rings is 1. The maximum absolute atomic E-state index is 11.1. The van der Waals surface area contributed by atoms with E-state index < -0.39 is 0 Å². The highest BCUT2D eigenvalue weighted by Crippen LogP contribution is 2.16. The van der Waals surface area contributed by atoms with Gasteiger partial charge in [-0.25, -0.2) is 4.79 Å². The van der Waals surface area contributed by atoms with Crippen molar-refractivity contribution in [3.63, 3.8) is 0 Å². The van der Waals surface area contributed by atoms with E-state index in [0.717, 1.165) is 12.8 Å². The number of carbonyl (C=O) groups is 1. The van der Waals surface area contributed by atoms with Gasteiger partial charge >= 0.3 is 5.97 Å². The first-order chi connectivity index (χ1) is 8.59. The molecule has 0 radical (unpaired) electrons. The van der Waals surface area contributed by atoms with Crippen LogP contribution in [0, 0.1) is 0 Å². The molecule has 0 aliphatic rings. The standard InChI is InChI=1S/C14H18O4/c1-11(2)14(16)18-10-4-3-9-17-13-7-5-12(15)6-8-13/h5-8,15H,1,3-4,9-10H2,2H3. The zero-order chi connectivity index (χ0) is 13.4. The fourth-order valence-electron chi connectivity index (χ4n) is 1.22. The van der Waals surface area contributed by atoms with E-state index in [-0.39, 0.29) is 11.7 Å². The first-order valence-electron chi connectivity index (χ1n) is 5.84. The van der Waals surface area contributed by atoms with E-state index in [2.05, 4.69) is 6.58 Å². The zero-order valence-electron chi connectivity index (χ0n) is 10.5. The van der Waals surface area contributed by atoms with Crippen molar-refractivity contribution in [2.24, 2.45) is 0 Å². The molecule has 0 saturated carbocycles. The summed E-state index contributed by atoms with van der Waals surface area (Å²) in [6, 6.07) is 6.56. The number of unbranched alkanes of at least 4 members (excludes halogenated alkanes) is 1. The monoisotopic (exact) mass is 250 g/mol. The van der Waals surface area contributed by atoms with Crippen molar-refractivity contribution in [3.05, 3.63) is 36.4 Å². The average Bonchev–Trinajstić information content (AvgIpc) is 2.35. The summed E-state index contributed by atoms with van der Waals surface area (Å²) in [4.78, 5) is 11.1. The van der Waals surface area contributed by atoms with E-state index in [9.17, 15) is 4.79 Å². The summed E-state index contributed by atoms with van der Waals surface area (Å²) in [5.74, 6) is 0.579. The molecule has 0 heterocycles. The van der Waals surface area contributed by atoms with Crippen LogP contribution in [-0.4, -0.2) is 24.3 Å². The van der Waals surface area contributed by atoms with E-state index in [4.69, 9.17) is 14.6 Å². The van der Waals surface area contributed by atoms with Crippen LogP contribution in [0.5, 0.6) is 11.5 Å². The first-order valence-corrected chi connectivity index (χ1v) is 5.84. The van der Waals surface area contributed by atoms with E-state index in [1.165, 1.54) is 0 Å². The van der Waals surface area contributed by atoms with Crippen LogP contribution in [0.2, 0.25) is 0 Å². The van der Waals surface area contributed by atoms with Crippen LogP contribution < -0.4 is 4.74 Å². The molecule has 0 amide bonds. The topological polar surface area (TPSA) is 55.8 Å². The maximum atomic E-state index is 11.1. The van der Waals surface area contributed by atoms with Crippen LogP contribution >= 0.6 is 0 Å². The molecule has 0 atom stereocenters. The highest BCUT2D eigenvalue weighted by molar-refractivity contribution is 5.86. The molecule has 1 rings (SSSR count). The second kappa shape index (κ2) is 7.37. The molecular formula is C14H18O4. The van der Waals surface area contributed by atoms with Crippen LogP contribution in [0.3, 0.4) is 0 Å². The lowest BCUT2D eigenvalue weighted by Crippen LogP contribution is -2.07. The second-order valence-electron chi connectivity index (χ2n) is 3.97. The number of phenols is 1. The van der Waals surface area contributed by atoms with Crippen LogP contribution in [0.1, 0.15) is 19.8 Å². The van der Waals surface area contributed by atoms with Crippen molar-refractivity contribution in [2.45, 2.75) is 19.8 Å². The molecule has 0 bridgehead atoms. The maximum Gasteiger partial charge on any atom is 0.333 e. The Morgan fingerprint density at radius 2 is 1.83 bits per heavy atom. The third kappa shape index (κ3) is 5.39. The average molecular weight is 250 g/mol. The van der Waals surface area contributed by atoms with Gasteiger partial charge in [0.05, 0.1) is 13.2 Å². The lowest BCUT2D eigenvalue weighted by Gasteiger charge is -2.06. The van der Waals surface area contributed by atoms with Gasteiger partial charge < -0.3 is 14.6 Å². The number of rotatable bonds is 7. The van der Waals surface area contributed by atoms with Gasteiger partial charge in [0.2, 0.25) is 0 Å². The Kier molecular flexibility index (Phi) is 5.77. The van der Waals surface area contributed by atoms with Gasteiger partial charge in [-0.05, 0) is 44.0 Å². The van der Waals surface area contributed by atoms with E-state index in [0.29, 0.717) is 24.5 Å². The summed E-state index contributed by atoms with van der Waals surface area (Å²) in [6.45, 7) is 6.05. The number of esters is 1. The molecule has 1 N–H and O–H groups in total. The Hall–Kier alpha value is -1.97. The van der Waals surface area contributed by atoms with Gasteiger partial charge in [0.1, 0.15) is 11.5 Å². The molecule has 0 spiro atoms. The quantitative estimate of drug-likeness (QED) is 0.459. The third-order valence-corrected chi connectivity index (χ3v) is 2.23. The van der Waals surface area contributed by atoms with Gasteiger partial charge in [0.15, 0.2) is 0 Å². The lowest BCUT2D eigenvalue weighted by atomic mass is 10.3. The molecule has 1 aromatic carbocycles. The minimum Gasteiger partial charge on any atom is -0.508 e. The SMILES string of the molecule is C=C(C)C(=O)OCCCCOc1ccc(O)cc1. The van der Waals surface area contributed by atoms with Gasteiger partial charge in [-0.15, -0.1) is 0 Å². The molecule has 4 nitrogen and oxygen atoms in total. The molecule has 18 heavy (non-hydrogen) atoms. The molecule has 0 aliphatic heterocycles. The van der Waals surface area contributed by atoms with Crippen LogP contribution in [0.15, 0.2) is 36.4 Å². The van der Waals surface area contributed by atoms with Crippen molar-refractivity contribution >= 4 is 5.97 Å². The molecule has 0 saturated heterocycles. The number of ether oxygens (including phenoxy) is 2. The zero-order valence-corrected chi connectivity index (χ0v) is 10.5. The largest absolute Gasteiger partial charge is 0.508 e. The number of aromatic hydroxyl groups is 1. The molecule has 0 fully saturated rings. The van der Waals surface area contributed by atoms with E-state index in [1.54, 1.807) is 31.2 Å². The van der Waals surface area contributed by atoms with Gasteiger partial charge in [-0.1, -0.05) is 6.58 Å². The van der Waals surface area contributed by atoms with Crippen LogP contribution in [0.25, 0.3) is 0 Å². The van der Waals surface area contributed by atoms with Crippen molar-refractivity contribution in [2.75, 3.05) is 13.2 Å². The van der Waals surface area contributed by atoms with Gasteiger partial charge in [0, 0.05) is 5.57 Å². The van der Waals surface area contributed by atoms with E-state index >= 15 is 0 Å². The predicted molar refractivity (Wildman–Crippen MR) is 68.6 cm³/mol. The first kappa shape index (κ1) is 14.1. The van der Waals surface area contributed by atoms with Crippen molar-refractivity contribution in [3.8, 4) is 11.5 Å². The van der Waals surface area contributed by atoms with Crippen LogP contribution in [-0.2, 0) is 9.53 Å². The Morgan fingerprint density at radius 1 is 1.22 bits per heavy atom. The number of phenolic OH excluding ortho intramolecular Hbond substituents is 1. The van der Waals surface area contributed by atoms with Crippen molar-refractivity contribution in [1.82, 2.24) is 0 Å². The van der Waals surface area contributed by atoms with Crippen molar-refractivity contribution < 1.29 is 19.4 Å². The number of hydrogen-bond acceptors (Lipinski definition) is 4. The molecule has 4 heteroatoms. The minimum atomic E-state index is -0.352. The normalized spacial score (nSPS) is 9.83. The number of hydrogen-bond donors (Lipinski definition) is 1. The summed E-state index contributed by atoms with van der Waals surface area (Å²) < 4.78 is 10.4. The third-order valence-electron chi connectivity index (χ3n) is 2.23. The Bertz CT molecular complexity index is 395.